The van der Waals surface area contributed by atoms with Gasteiger partial charge in [0, 0.05) is 5.56 Å². The van der Waals surface area contributed by atoms with E-state index >= 15 is 0 Å². The Morgan fingerprint density at radius 1 is 1.04 bits per heavy atom. The highest BCUT2D eigenvalue weighted by molar-refractivity contribution is 6.01. The molecule has 0 aliphatic carbocycles. The molecule has 1 unspecified atom stereocenters. The molecule has 0 aliphatic rings. The van der Waals surface area contributed by atoms with Crippen LogP contribution >= 0.6 is 0 Å². The first-order valence-corrected chi connectivity index (χ1v) is 7.28. The summed E-state index contributed by atoms with van der Waals surface area (Å²) in [6.07, 6.45) is -4.43. The normalized spacial score (nSPS) is 12.7. The molecule has 0 aliphatic heterocycles. The highest BCUT2D eigenvalue weighted by atomic mass is 19.4. The average Bonchev–Trinajstić information content (AvgIpc) is 2.58. The van der Waals surface area contributed by atoms with Crippen LogP contribution in [0.1, 0.15) is 21.8 Å². The molecule has 0 saturated carbocycles. The minimum atomic E-state index is -4.43. The standard InChI is InChI=1S/C18H17F3O3/c1-23-15-9-7-14(8-10-15)17(22)16(11-24-12-18(19,20)21)13-5-3-2-4-6-13/h2-10,16H,11-12H2,1H3. The summed E-state index contributed by atoms with van der Waals surface area (Å²) in [4.78, 5) is 12.7. The van der Waals surface area contributed by atoms with Crippen molar-refractivity contribution >= 4 is 5.78 Å². The molecule has 1 atom stereocenters. The van der Waals surface area contributed by atoms with Crippen molar-refractivity contribution in [2.45, 2.75) is 12.1 Å². The zero-order valence-corrected chi connectivity index (χ0v) is 13.0. The molecule has 2 rings (SSSR count). The van der Waals surface area contributed by atoms with Gasteiger partial charge in [-0.2, -0.15) is 13.2 Å². The van der Waals surface area contributed by atoms with Crippen LogP contribution < -0.4 is 4.74 Å². The number of benzene rings is 2. The maximum Gasteiger partial charge on any atom is 0.411 e. The molecule has 0 fully saturated rings. The molecule has 0 bridgehead atoms. The summed E-state index contributed by atoms with van der Waals surface area (Å²) in [6, 6.07) is 15.1. The average molecular weight is 338 g/mol. The summed E-state index contributed by atoms with van der Waals surface area (Å²) in [5.74, 6) is -0.510. The van der Waals surface area contributed by atoms with Crippen molar-refractivity contribution in [2.75, 3.05) is 20.3 Å². The van der Waals surface area contributed by atoms with Crippen molar-refractivity contribution < 1.29 is 27.4 Å². The third-order valence-corrected chi connectivity index (χ3v) is 3.44. The minimum Gasteiger partial charge on any atom is -0.497 e. The van der Waals surface area contributed by atoms with Crippen molar-refractivity contribution in [3.8, 4) is 5.75 Å². The fraction of sp³-hybridized carbons (Fsp3) is 0.278. The molecule has 2 aromatic carbocycles. The molecule has 0 spiro atoms. The van der Waals surface area contributed by atoms with Gasteiger partial charge in [0.05, 0.1) is 19.6 Å². The van der Waals surface area contributed by atoms with Crippen molar-refractivity contribution in [3.05, 3.63) is 65.7 Å². The molecule has 128 valence electrons. The highest BCUT2D eigenvalue weighted by Gasteiger charge is 2.29. The molecule has 0 saturated heterocycles. The van der Waals surface area contributed by atoms with Crippen LogP contribution in [0.3, 0.4) is 0 Å². The van der Waals surface area contributed by atoms with Gasteiger partial charge in [-0.25, -0.2) is 0 Å². The number of halogens is 3. The third-order valence-electron chi connectivity index (χ3n) is 3.44. The summed E-state index contributed by atoms with van der Waals surface area (Å²) in [5.41, 5.74) is 1.00. The van der Waals surface area contributed by atoms with Gasteiger partial charge in [-0.1, -0.05) is 30.3 Å². The van der Waals surface area contributed by atoms with E-state index in [0.717, 1.165) is 0 Å². The molecule has 0 N–H and O–H groups in total. The number of carbonyl (C=O) groups is 1. The molecule has 6 heteroatoms. The monoisotopic (exact) mass is 338 g/mol. The second kappa shape index (κ2) is 7.97. The summed E-state index contributed by atoms with van der Waals surface area (Å²) in [6.45, 7) is -1.72. The van der Waals surface area contributed by atoms with Gasteiger partial charge >= 0.3 is 6.18 Å². The van der Waals surface area contributed by atoms with Gasteiger partial charge in [-0.15, -0.1) is 0 Å². The predicted molar refractivity (Wildman–Crippen MR) is 83.4 cm³/mol. The van der Waals surface area contributed by atoms with Crippen LogP contribution in [0.15, 0.2) is 54.6 Å². The topological polar surface area (TPSA) is 35.5 Å². The summed E-state index contributed by atoms with van der Waals surface area (Å²) < 4.78 is 46.6. The summed E-state index contributed by atoms with van der Waals surface area (Å²) >= 11 is 0. The molecule has 0 heterocycles. The van der Waals surface area contributed by atoms with E-state index in [0.29, 0.717) is 16.9 Å². The van der Waals surface area contributed by atoms with E-state index < -0.39 is 18.7 Å². The van der Waals surface area contributed by atoms with Crippen molar-refractivity contribution in [2.24, 2.45) is 0 Å². The highest BCUT2D eigenvalue weighted by Crippen LogP contribution is 2.24. The molecule has 0 radical (unpaired) electrons. The minimum absolute atomic E-state index is 0.300. The zero-order valence-electron chi connectivity index (χ0n) is 13.0. The number of methoxy groups -OCH3 is 1. The van der Waals surface area contributed by atoms with E-state index in [1.807, 2.05) is 0 Å². The van der Waals surface area contributed by atoms with E-state index in [4.69, 9.17) is 9.47 Å². The number of hydrogen-bond acceptors (Lipinski definition) is 3. The van der Waals surface area contributed by atoms with Gasteiger partial charge in [-0.3, -0.25) is 4.79 Å². The zero-order chi connectivity index (χ0) is 17.6. The fourth-order valence-electron chi connectivity index (χ4n) is 2.26. The van der Waals surface area contributed by atoms with Crippen LogP contribution in [0.25, 0.3) is 0 Å². The van der Waals surface area contributed by atoms with Crippen molar-refractivity contribution in [1.82, 2.24) is 0 Å². The maximum absolute atomic E-state index is 12.7. The van der Waals surface area contributed by atoms with Crippen LogP contribution in [0, 0.1) is 0 Å². The second-order valence-corrected chi connectivity index (χ2v) is 5.19. The van der Waals surface area contributed by atoms with E-state index in [9.17, 15) is 18.0 Å². The van der Waals surface area contributed by atoms with Crippen LogP contribution in [0.5, 0.6) is 5.75 Å². The van der Waals surface area contributed by atoms with Gasteiger partial charge in [0.1, 0.15) is 12.4 Å². The third kappa shape index (κ3) is 5.09. The van der Waals surface area contributed by atoms with Gasteiger partial charge in [0.2, 0.25) is 0 Å². The molecular weight excluding hydrogens is 321 g/mol. The number of ether oxygens (including phenoxy) is 2. The Hall–Kier alpha value is -2.34. The predicted octanol–water partition coefficient (Wildman–Crippen LogP) is 4.24. The molecular formula is C18H17F3O3. The Morgan fingerprint density at radius 2 is 1.67 bits per heavy atom. The first kappa shape index (κ1) is 18.0. The van der Waals surface area contributed by atoms with Gasteiger partial charge in [0.15, 0.2) is 5.78 Å². The summed E-state index contributed by atoms with van der Waals surface area (Å²) in [7, 11) is 1.51. The van der Waals surface area contributed by atoms with E-state index in [2.05, 4.69) is 0 Å². The lowest BCUT2D eigenvalue weighted by molar-refractivity contribution is -0.174. The maximum atomic E-state index is 12.7. The smallest absolute Gasteiger partial charge is 0.411 e. The number of carbonyl (C=O) groups excluding carboxylic acids is 1. The number of alkyl halides is 3. The quantitative estimate of drug-likeness (QED) is 0.709. The van der Waals surface area contributed by atoms with Crippen LogP contribution in [-0.4, -0.2) is 32.3 Å². The van der Waals surface area contributed by atoms with Crippen LogP contribution in [0.2, 0.25) is 0 Å². The van der Waals surface area contributed by atoms with E-state index in [1.165, 1.54) is 7.11 Å². The van der Waals surface area contributed by atoms with Crippen LogP contribution in [-0.2, 0) is 4.74 Å². The Kier molecular flexibility index (Phi) is 5.98. The lowest BCUT2D eigenvalue weighted by Crippen LogP contribution is -2.23. The second-order valence-electron chi connectivity index (χ2n) is 5.19. The number of hydrogen-bond donors (Lipinski definition) is 0. The van der Waals surface area contributed by atoms with Crippen molar-refractivity contribution in [3.63, 3.8) is 0 Å². The Morgan fingerprint density at radius 3 is 2.21 bits per heavy atom. The first-order valence-electron chi connectivity index (χ1n) is 7.28. The largest absolute Gasteiger partial charge is 0.497 e. The molecule has 24 heavy (non-hydrogen) atoms. The fourth-order valence-corrected chi connectivity index (χ4v) is 2.26. The van der Waals surface area contributed by atoms with E-state index in [1.54, 1.807) is 54.6 Å². The number of ketones is 1. The molecule has 3 nitrogen and oxygen atoms in total. The van der Waals surface area contributed by atoms with Gasteiger partial charge in [-0.05, 0) is 29.8 Å². The van der Waals surface area contributed by atoms with Crippen LogP contribution in [0.4, 0.5) is 13.2 Å². The number of Topliss-reactive ketones (excluding diaryl/α,β-unsaturated/α-hetero) is 1. The van der Waals surface area contributed by atoms with E-state index in [-0.39, 0.29) is 12.4 Å². The van der Waals surface area contributed by atoms with Gasteiger partial charge in [0.25, 0.3) is 0 Å². The summed E-state index contributed by atoms with van der Waals surface area (Å²) in [5, 5.41) is 0. The molecule has 2 aromatic rings. The SMILES string of the molecule is COc1ccc(C(=O)C(COCC(F)(F)F)c2ccccc2)cc1. The number of rotatable bonds is 7. The Balaban J connectivity index is 2.19. The van der Waals surface area contributed by atoms with Gasteiger partial charge < -0.3 is 9.47 Å². The lowest BCUT2D eigenvalue weighted by Gasteiger charge is -2.17. The Bertz CT molecular complexity index is 651. The lowest BCUT2D eigenvalue weighted by atomic mass is 9.91. The van der Waals surface area contributed by atoms with Crippen molar-refractivity contribution in [1.29, 1.82) is 0 Å². The molecule has 0 aromatic heterocycles. The first-order chi connectivity index (χ1) is 11.4. The Labute approximate surface area is 138 Å². The molecule has 0 amide bonds.